The predicted octanol–water partition coefficient (Wildman–Crippen LogP) is 3.11. The van der Waals surface area contributed by atoms with Crippen molar-refractivity contribution in [2.24, 2.45) is 0 Å². The highest BCUT2D eigenvalue weighted by atomic mass is 35.5. The van der Waals surface area contributed by atoms with Crippen molar-refractivity contribution in [1.29, 1.82) is 0 Å². The number of aromatic amines is 1. The van der Waals surface area contributed by atoms with Crippen molar-refractivity contribution >= 4 is 29.0 Å². The van der Waals surface area contributed by atoms with E-state index in [2.05, 4.69) is 16.5 Å². The molecule has 3 rings (SSSR count). The van der Waals surface area contributed by atoms with Gasteiger partial charge >= 0.3 is 0 Å². The number of hydrogen-bond acceptors (Lipinski definition) is 3. The first-order valence-corrected chi connectivity index (χ1v) is 6.94. The third kappa shape index (κ3) is 3.05. The van der Waals surface area contributed by atoms with E-state index in [0.29, 0.717) is 12.4 Å². The van der Waals surface area contributed by atoms with Crippen LogP contribution < -0.4 is 15.2 Å². The number of pyridine rings is 1. The second kappa shape index (κ2) is 6.68. The molecule has 0 unspecified atom stereocenters. The van der Waals surface area contributed by atoms with Gasteiger partial charge in [-0.1, -0.05) is 24.8 Å². The molecule has 4 nitrogen and oxygen atoms in total. The van der Waals surface area contributed by atoms with Crippen LogP contribution in [0.5, 0.6) is 5.75 Å². The number of halogens is 1. The highest BCUT2D eigenvalue weighted by Crippen LogP contribution is 2.26. The standard InChI is InChI=1S/C16H18N2O2.ClH/c1-2-10-20-14-7-5-6-12-11-13(16(19)17-15(12)14)18-8-3-4-9-18;/h2,5-7,11H,1,3-4,8-10H2,(H,17,19);1H. The van der Waals surface area contributed by atoms with E-state index < -0.39 is 0 Å². The molecule has 0 saturated carbocycles. The molecular formula is C16H19ClN2O2. The van der Waals surface area contributed by atoms with Crippen molar-refractivity contribution in [2.75, 3.05) is 24.6 Å². The molecule has 1 aromatic heterocycles. The molecule has 2 heterocycles. The van der Waals surface area contributed by atoms with Crippen LogP contribution in [0.25, 0.3) is 10.9 Å². The van der Waals surface area contributed by atoms with E-state index in [0.717, 1.165) is 42.5 Å². The lowest BCUT2D eigenvalue weighted by molar-refractivity contribution is 0.367. The fourth-order valence-electron chi connectivity index (χ4n) is 2.65. The van der Waals surface area contributed by atoms with Crippen LogP contribution in [-0.2, 0) is 0 Å². The third-order valence-corrected chi connectivity index (χ3v) is 3.63. The van der Waals surface area contributed by atoms with E-state index >= 15 is 0 Å². The van der Waals surface area contributed by atoms with E-state index in [1.165, 1.54) is 0 Å². The van der Waals surface area contributed by atoms with Gasteiger partial charge in [-0.05, 0) is 25.0 Å². The zero-order chi connectivity index (χ0) is 13.9. The fraction of sp³-hybridized carbons (Fsp3) is 0.312. The van der Waals surface area contributed by atoms with Gasteiger partial charge in [0.15, 0.2) is 0 Å². The minimum absolute atomic E-state index is 0. The Morgan fingerprint density at radius 1 is 1.33 bits per heavy atom. The van der Waals surface area contributed by atoms with E-state index in [4.69, 9.17) is 4.74 Å². The van der Waals surface area contributed by atoms with Gasteiger partial charge in [0, 0.05) is 18.5 Å². The number of aromatic nitrogens is 1. The predicted molar refractivity (Wildman–Crippen MR) is 89.0 cm³/mol. The summed E-state index contributed by atoms with van der Waals surface area (Å²) in [5, 5.41) is 0.994. The van der Waals surface area contributed by atoms with Crippen molar-refractivity contribution < 1.29 is 4.74 Å². The number of para-hydroxylation sites is 1. The molecule has 1 aliphatic rings. The Labute approximate surface area is 129 Å². The fourth-order valence-corrected chi connectivity index (χ4v) is 2.65. The SMILES string of the molecule is C=CCOc1cccc2cc(N3CCCC3)c(=O)[nH]c12.Cl. The molecule has 0 spiro atoms. The van der Waals surface area contributed by atoms with Crippen molar-refractivity contribution in [3.8, 4) is 5.75 Å². The highest BCUT2D eigenvalue weighted by molar-refractivity contribution is 5.87. The maximum Gasteiger partial charge on any atom is 0.272 e. The quantitative estimate of drug-likeness (QED) is 0.883. The lowest BCUT2D eigenvalue weighted by Gasteiger charge is -2.17. The molecule has 1 aromatic carbocycles. The van der Waals surface area contributed by atoms with Gasteiger partial charge in [-0.3, -0.25) is 4.79 Å². The van der Waals surface area contributed by atoms with Crippen LogP contribution in [0.2, 0.25) is 0 Å². The number of nitrogens with zero attached hydrogens (tertiary/aromatic N) is 1. The van der Waals surface area contributed by atoms with Crippen molar-refractivity contribution in [3.05, 3.63) is 47.3 Å². The van der Waals surface area contributed by atoms with Gasteiger partial charge < -0.3 is 14.6 Å². The zero-order valence-corrected chi connectivity index (χ0v) is 12.6. The molecule has 1 aliphatic heterocycles. The van der Waals surface area contributed by atoms with Gasteiger partial charge in [-0.25, -0.2) is 0 Å². The molecule has 112 valence electrons. The van der Waals surface area contributed by atoms with E-state index in [9.17, 15) is 4.79 Å². The smallest absolute Gasteiger partial charge is 0.272 e. The first-order chi connectivity index (χ1) is 9.79. The first kappa shape index (κ1) is 15.4. The van der Waals surface area contributed by atoms with Crippen LogP contribution >= 0.6 is 12.4 Å². The molecule has 1 N–H and O–H groups in total. The van der Waals surface area contributed by atoms with Crippen LogP contribution in [0.4, 0.5) is 5.69 Å². The average molecular weight is 307 g/mol. The van der Waals surface area contributed by atoms with E-state index in [1.807, 2.05) is 24.3 Å². The number of fused-ring (bicyclic) bond motifs is 1. The Morgan fingerprint density at radius 3 is 2.81 bits per heavy atom. The molecule has 1 saturated heterocycles. The van der Waals surface area contributed by atoms with Crippen LogP contribution in [0.3, 0.4) is 0 Å². The lowest BCUT2D eigenvalue weighted by Crippen LogP contribution is -2.25. The van der Waals surface area contributed by atoms with Crippen molar-refractivity contribution in [3.63, 3.8) is 0 Å². The second-order valence-corrected chi connectivity index (χ2v) is 5.00. The number of anilines is 1. The van der Waals surface area contributed by atoms with Crippen molar-refractivity contribution in [2.45, 2.75) is 12.8 Å². The van der Waals surface area contributed by atoms with Gasteiger partial charge in [0.2, 0.25) is 0 Å². The normalized spacial score (nSPS) is 14.0. The summed E-state index contributed by atoms with van der Waals surface area (Å²) in [7, 11) is 0. The number of rotatable bonds is 4. The molecular weight excluding hydrogens is 288 g/mol. The number of hydrogen-bond donors (Lipinski definition) is 1. The molecule has 21 heavy (non-hydrogen) atoms. The monoisotopic (exact) mass is 306 g/mol. The molecule has 0 amide bonds. The summed E-state index contributed by atoms with van der Waals surface area (Å²) in [4.78, 5) is 17.4. The summed E-state index contributed by atoms with van der Waals surface area (Å²) in [6, 6.07) is 7.75. The van der Waals surface area contributed by atoms with Gasteiger partial charge in [0.05, 0.1) is 5.52 Å². The molecule has 2 aromatic rings. The van der Waals surface area contributed by atoms with Crippen LogP contribution in [0.1, 0.15) is 12.8 Å². The Morgan fingerprint density at radius 2 is 2.10 bits per heavy atom. The Bertz CT molecular complexity index is 690. The van der Waals surface area contributed by atoms with Crippen LogP contribution in [0.15, 0.2) is 41.7 Å². The Kier molecular flexibility index (Phi) is 4.91. The molecule has 0 radical (unpaired) electrons. The van der Waals surface area contributed by atoms with Crippen LogP contribution in [-0.4, -0.2) is 24.7 Å². The Hall–Kier alpha value is -1.94. The summed E-state index contributed by atoms with van der Waals surface area (Å²) in [6.07, 6.45) is 4.00. The van der Waals surface area contributed by atoms with Gasteiger partial charge in [0.1, 0.15) is 18.0 Å². The Balaban J connectivity index is 0.00000161. The summed E-state index contributed by atoms with van der Waals surface area (Å²) in [5.41, 5.74) is 1.47. The van der Waals surface area contributed by atoms with E-state index in [-0.39, 0.29) is 18.0 Å². The van der Waals surface area contributed by atoms with Gasteiger partial charge in [-0.15, -0.1) is 12.4 Å². The van der Waals surface area contributed by atoms with Gasteiger partial charge in [-0.2, -0.15) is 0 Å². The third-order valence-electron chi connectivity index (χ3n) is 3.63. The lowest BCUT2D eigenvalue weighted by atomic mass is 10.2. The highest BCUT2D eigenvalue weighted by Gasteiger charge is 2.16. The maximum atomic E-state index is 12.3. The first-order valence-electron chi connectivity index (χ1n) is 6.94. The second-order valence-electron chi connectivity index (χ2n) is 5.00. The largest absolute Gasteiger partial charge is 0.487 e. The molecule has 0 aliphatic carbocycles. The molecule has 1 fully saturated rings. The molecule has 0 atom stereocenters. The van der Waals surface area contributed by atoms with Crippen LogP contribution in [0, 0.1) is 0 Å². The molecule has 5 heteroatoms. The maximum absolute atomic E-state index is 12.3. The molecule has 0 bridgehead atoms. The zero-order valence-electron chi connectivity index (χ0n) is 11.8. The summed E-state index contributed by atoms with van der Waals surface area (Å²) < 4.78 is 5.59. The minimum Gasteiger partial charge on any atom is -0.487 e. The number of H-pyrrole nitrogens is 1. The number of benzene rings is 1. The summed E-state index contributed by atoms with van der Waals surface area (Å²) >= 11 is 0. The summed E-state index contributed by atoms with van der Waals surface area (Å²) in [6.45, 7) is 5.98. The van der Waals surface area contributed by atoms with E-state index in [1.54, 1.807) is 6.08 Å². The number of ether oxygens (including phenoxy) is 1. The number of nitrogens with one attached hydrogen (secondary N) is 1. The topological polar surface area (TPSA) is 45.3 Å². The van der Waals surface area contributed by atoms with Crippen molar-refractivity contribution in [1.82, 2.24) is 4.98 Å². The average Bonchev–Trinajstić information content (AvgIpc) is 2.98. The van der Waals surface area contributed by atoms with Gasteiger partial charge in [0.25, 0.3) is 5.56 Å². The minimum atomic E-state index is -0.0472. The summed E-state index contributed by atoms with van der Waals surface area (Å²) in [5.74, 6) is 0.687.